The molecule has 17 heavy (non-hydrogen) atoms. The molecule has 1 aromatic carbocycles. The van der Waals surface area contributed by atoms with E-state index in [-0.39, 0.29) is 5.91 Å². The van der Waals surface area contributed by atoms with Gasteiger partial charge in [-0.3, -0.25) is 9.63 Å². The van der Waals surface area contributed by atoms with E-state index in [4.69, 9.17) is 14.3 Å². The molecule has 5 heteroatoms. The van der Waals surface area contributed by atoms with Gasteiger partial charge in [-0.1, -0.05) is 12.1 Å². The molecule has 5 nitrogen and oxygen atoms in total. The van der Waals surface area contributed by atoms with E-state index in [1.54, 1.807) is 25.3 Å². The number of amides is 1. The predicted molar refractivity (Wildman–Crippen MR) is 62.9 cm³/mol. The maximum Gasteiger partial charge on any atom is 0.278 e. The zero-order valence-corrected chi connectivity index (χ0v) is 10.1. The third kappa shape index (κ3) is 4.42. The Hall–Kier alpha value is -1.59. The van der Waals surface area contributed by atoms with Crippen molar-refractivity contribution in [2.75, 3.05) is 26.9 Å². The number of carbonyl (C=O) groups is 1. The largest absolute Gasteiger partial charge is 0.493 e. The Labute approximate surface area is 101 Å². The highest BCUT2D eigenvalue weighted by molar-refractivity contribution is 5.96. The Kier molecular flexibility index (Phi) is 6.06. The predicted octanol–water partition coefficient (Wildman–Crippen LogP) is 1.39. The summed E-state index contributed by atoms with van der Waals surface area (Å²) >= 11 is 0. The molecule has 0 heterocycles. The van der Waals surface area contributed by atoms with Gasteiger partial charge in [0.2, 0.25) is 0 Å². The van der Waals surface area contributed by atoms with Crippen molar-refractivity contribution in [1.82, 2.24) is 5.48 Å². The highest BCUT2D eigenvalue weighted by atomic mass is 16.7. The summed E-state index contributed by atoms with van der Waals surface area (Å²) in [6, 6.07) is 7.01. The molecule has 0 spiro atoms. The van der Waals surface area contributed by atoms with Crippen LogP contribution in [0.3, 0.4) is 0 Å². The molecule has 94 valence electrons. The zero-order chi connectivity index (χ0) is 12.5. The molecule has 1 N–H and O–H groups in total. The summed E-state index contributed by atoms with van der Waals surface area (Å²) < 4.78 is 10.1. The molecule has 0 aliphatic heterocycles. The van der Waals surface area contributed by atoms with E-state index in [1.807, 2.05) is 13.0 Å². The van der Waals surface area contributed by atoms with Crippen LogP contribution in [0.25, 0.3) is 0 Å². The van der Waals surface area contributed by atoms with Crippen LogP contribution >= 0.6 is 0 Å². The highest BCUT2D eigenvalue weighted by Crippen LogP contribution is 2.17. The molecule has 0 fully saturated rings. The molecular formula is C12H17NO4. The van der Waals surface area contributed by atoms with Crippen LogP contribution in [0.2, 0.25) is 0 Å². The van der Waals surface area contributed by atoms with Gasteiger partial charge in [0.05, 0.1) is 25.4 Å². The molecular weight excluding hydrogens is 222 g/mol. The molecule has 1 aromatic rings. The van der Waals surface area contributed by atoms with Crippen LogP contribution in [0.1, 0.15) is 17.3 Å². The van der Waals surface area contributed by atoms with Gasteiger partial charge in [-0.2, -0.15) is 0 Å². The normalized spacial score (nSPS) is 10.0. The number of rotatable bonds is 7. The van der Waals surface area contributed by atoms with Gasteiger partial charge in [-0.25, -0.2) is 5.48 Å². The van der Waals surface area contributed by atoms with Crippen molar-refractivity contribution in [3.63, 3.8) is 0 Å². The van der Waals surface area contributed by atoms with Crippen molar-refractivity contribution < 1.29 is 19.1 Å². The third-order valence-corrected chi connectivity index (χ3v) is 1.99. The van der Waals surface area contributed by atoms with Crippen LogP contribution < -0.4 is 10.2 Å². The first-order chi connectivity index (χ1) is 8.29. The molecule has 0 saturated carbocycles. The Morgan fingerprint density at radius 1 is 1.29 bits per heavy atom. The standard InChI is InChI=1S/C12H17NO4/c1-3-16-11-7-5-4-6-10(11)12(14)13-17-9-8-15-2/h4-7H,3,8-9H2,1-2H3,(H,13,14). The van der Waals surface area contributed by atoms with Crippen LogP contribution in [-0.2, 0) is 9.57 Å². The van der Waals surface area contributed by atoms with Crippen molar-refractivity contribution in [1.29, 1.82) is 0 Å². The molecule has 0 radical (unpaired) electrons. The molecule has 0 aliphatic rings. The minimum Gasteiger partial charge on any atom is -0.493 e. The van der Waals surface area contributed by atoms with Crippen molar-refractivity contribution in [2.45, 2.75) is 6.92 Å². The first-order valence-electron chi connectivity index (χ1n) is 5.42. The van der Waals surface area contributed by atoms with Gasteiger partial charge < -0.3 is 9.47 Å². The molecule has 1 rings (SSSR count). The number of carbonyl (C=O) groups excluding carboxylic acids is 1. The molecule has 0 unspecified atom stereocenters. The lowest BCUT2D eigenvalue weighted by Crippen LogP contribution is -2.25. The van der Waals surface area contributed by atoms with Crippen molar-refractivity contribution in [3.05, 3.63) is 29.8 Å². The lowest BCUT2D eigenvalue weighted by molar-refractivity contribution is 0.00871. The minimum atomic E-state index is -0.329. The first kappa shape index (κ1) is 13.5. The van der Waals surface area contributed by atoms with Gasteiger partial charge in [0.15, 0.2) is 0 Å². The maximum atomic E-state index is 11.7. The molecule has 0 aliphatic carbocycles. The number of ether oxygens (including phenoxy) is 2. The lowest BCUT2D eigenvalue weighted by atomic mass is 10.2. The van der Waals surface area contributed by atoms with E-state index >= 15 is 0 Å². The summed E-state index contributed by atoms with van der Waals surface area (Å²) in [6.45, 7) is 3.10. The fourth-order valence-corrected chi connectivity index (χ4v) is 1.23. The Balaban J connectivity index is 2.55. The van der Waals surface area contributed by atoms with Gasteiger partial charge in [0.25, 0.3) is 5.91 Å². The van der Waals surface area contributed by atoms with Crippen molar-refractivity contribution >= 4 is 5.91 Å². The highest BCUT2D eigenvalue weighted by Gasteiger charge is 2.11. The van der Waals surface area contributed by atoms with E-state index in [2.05, 4.69) is 5.48 Å². The van der Waals surface area contributed by atoms with E-state index in [9.17, 15) is 4.79 Å². The van der Waals surface area contributed by atoms with Crippen LogP contribution in [0.15, 0.2) is 24.3 Å². The number of methoxy groups -OCH3 is 1. The Bertz CT molecular complexity index is 354. The smallest absolute Gasteiger partial charge is 0.278 e. The zero-order valence-electron chi connectivity index (χ0n) is 10.1. The number of benzene rings is 1. The van der Waals surface area contributed by atoms with E-state index in [0.29, 0.717) is 31.1 Å². The number of para-hydroxylation sites is 1. The summed E-state index contributed by atoms with van der Waals surface area (Å²) in [4.78, 5) is 16.7. The van der Waals surface area contributed by atoms with E-state index < -0.39 is 0 Å². The fraction of sp³-hybridized carbons (Fsp3) is 0.417. The topological polar surface area (TPSA) is 56.8 Å². The average Bonchev–Trinajstić information content (AvgIpc) is 2.35. The first-order valence-corrected chi connectivity index (χ1v) is 5.42. The molecule has 0 aromatic heterocycles. The van der Waals surface area contributed by atoms with Gasteiger partial charge in [0, 0.05) is 7.11 Å². The molecule has 0 bridgehead atoms. The van der Waals surface area contributed by atoms with Crippen LogP contribution in [-0.4, -0.2) is 32.8 Å². The van der Waals surface area contributed by atoms with Gasteiger partial charge in [-0.15, -0.1) is 0 Å². The second-order valence-electron chi connectivity index (χ2n) is 3.20. The summed E-state index contributed by atoms with van der Waals surface area (Å²) in [6.07, 6.45) is 0. The number of hydrogen-bond acceptors (Lipinski definition) is 4. The third-order valence-electron chi connectivity index (χ3n) is 1.99. The van der Waals surface area contributed by atoms with Crippen molar-refractivity contribution in [3.8, 4) is 5.75 Å². The lowest BCUT2D eigenvalue weighted by Gasteiger charge is -2.10. The second-order valence-corrected chi connectivity index (χ2v) is 3.20. The quantitative estimate of drug-likeness (QED) is 0.577. The summed E-state index contributed by atoms with van der Waals surface area (Å²) in [5, 5.41) is 0. The van der Waals surface area contributed by atoms with Gasteiger partial charge in [0.1, 0.15) is 5.75 Å². The number of hydroxylamine groups is 1. The monoisotopic (exact) mass is 239 g/mol. The number of hydrogen-bond donors (Lipinski definition) is 1. The Morgan fingerprint density at radius 2 is 2.06 bits per heavy atom. The summed E-state index contributed by atoms with van der Waals surface area (Å²) in [5.41, 5.74) is 2.78. The molecule has 0 saturated heterocycles. The fourth-order valence-electron chi connectivity index (χ4n) is 1.23. The van der Waals surface area contributed by atoms with Crippen LogP contribution in [0.4, 0.5) is 0 Å². The Morgan fingerprint density at radius 3 is 2.76 bits per heavy atom. The van der Waals surface area contributed by atoms with Gasteiger partial charge in [-0.05, 0) is 19.1 Å². The van der Waals surface area contributed by atoms with Crippen LogP contribution in [0, 0.1) is 0 Å². The molecule has 1 amide bonds. The second kappa shape index (κ2) is 7.65. The summed E-state index contributed by atoms with van der Waals surface area (Å²) in [5.74, 6) is 0.216. The van der Waals surface area contributed by atoms with E-state index in [1.165, 1.54) is 0 Å². The minimum absolute atomic E-state index is 0.305. The maximum absolute atomic E-state index is 11.7. The summed E-state index contributed by atoms with van der Waals surface area (Å²) in [7, 11) is 1.57. The van der Waals surface area contributed by atoms with Crippen LogP contribution in [0.5, 0.6) is 5.75 Å². The SMILES string of the molecule is CCOc1ccccc1C(=O)NOCCOC. The average molecular weight is 239 g/mol. The van der Waals surface area contributed by atoms with Crippen molar-refractivity contribution in [2.24, 2.45) is 0 Å². The number of nitrogens with one attached hydrogen (secondary N) is 1. The van der Waals surface area contributed by atoms with E-state index in [0.717, 1.165) is 0 Å². The molecule has 0 atom stereocenters. The van der Waals surface area contributed by atoms with Gasteiger partial charge >= 0.3 is 0 Å².